The zero-order valence-corrected chi connectivity index (χ0v) is 17.9. The molecular formula is C25H30O5. The summed E-state index contributed by atoms with van der Waals surface area (Å²) in [6, 6.07) is 3.35. The third kappa shape index (κ3) is 2.60. The molecule has 5 rings (SSSR count). The summed E-state index contributed by atoms with van der Waals surface area (Å²) in [5.41, 5.74) is 0.489. The van der Waals surface area contributed by atoms with Gasteiger partial charge in [-0.3, -0.25) is 4.79 Å². The molecule has 4 aliphatic carbocycles. The molecule has 1 N–H and O–H groups in total. The summed E-state index contributed by atoms with van der Waals surface area (Å²) in [7, 11) is 0. The van der Waals surface area contributed by atoms with Crippen molar-refractivity contribution in [3.63, 3.8) is 0 Å². The van der Waals surface area contributed by atoms with E-state index in [1.165, 1.54) is 12.3 Å². The first-order chi connectivity index (χ1) is 14.2. The van der Waals surface area contributed by atoms with Crippen LogP contribution in [0.3, 0.4) is 0 Å². The van der Waals surface area contributed by atoms with Crippen molar-refractivity contribution in [1.29, 1.82) is 0 Å². The Morgan fingerprint density at radius 2 is 2.03 bits per heavy atom. The number of ether oxygens (including phenoxy) is 1. The maximum absolute atomic E-state index is 13.0. The van der Waals surface area contributed by atoms with Gasteiger partial charge in [-0.05, 0) is 80.9 Å². The van der Waals surface area contributed by atoms with E-state index in [1.54, 1.807) is 12.1 Å². The summed E-state index contributed by atoms with van der Waals surface area (Å²) in [6.45, 7) is 6.54. The SMILES string of the molecule is CC1CC2C3CCC4=CC(O)=CC(=O)[C@]4(C)C3CC[C@]2(C)C1OC(=O)c1ccco1. The van der Waals surface area contributed by atoms with Crippen LogP contribution in [0.15, 0.2) is 46.3 Å². The molecule has 4 aliphatic rings. The molecule has 0 radical (unpaired) electrons. The van der Waals surface area contributed by atoms with Gasteiger partial charge in [0.1, 0.15) is 11.9 Å². The quantitative estimate of drug-likeness (QED) is 0.674. The lowest BCUT2D eigenvalue weighted by atomic mass is 9.47. The maximum Gasteiger partial charge on any atom is 0.374 e. The predicted octanol–water partition coefficient (Wildman–Crippen LogP) is 5.24. The predicted molar refractivity (Wildman–Crippen MR) is 111 cm³/mol. The van der Waals surface area contributed by atoms with E-state index >= 15 is 0 Å². The lowest BCUT2D eigenvalue weighted by Crippen LogP contribution is -2.53. The van der Waals surface area contributed by atoms with Gasteiger partial charge in [0.05, 0.1) is 11.7 Å². The van der Waals surface area contributed by atoms with Crippen LogP contribution in [0.2, 0.25) is 0 Å². The molecule has 3 fully saturated rings. The van der Waals surface area contributed by atoms with Crippen molar-refractivity contribution < 1.29 is 23.8 Å². The summed E-state index contributed by atoms with van der Waals surface area (Å²) in [6.07, 6.45) is 9.33. The van der Waals surface area contributed by atoms with Crippen LogP contribution in [0.4, 0.5) is 0 Å². The van der Waals surface area contributed by atoms with Gasteiger partial charge in [-0.1, -0.05) is 19.4 Å². The molecule has 7 atom stereocenters. The molecule has 0 aromatic carbocycles. The molecule has 5 nitrogen and oxygen atoms in total. The largest absolute Gasteiger partial charge is 0.508 e. The molecule has 30 heavy (non-hydrogen) atoms. The highest BCUT2D eigenvalue weighted by molar-refractivity contribution is 5.99. The highest BCUT2D eigenvalue weighted by atomic mass is 16.6. The first kappa shape index (κ1) is 19.7. The minimum absolute atomic E-state index is 0.0441. The number of aliphatic hydroxyl groups excluding tert-OH is 1. The van der Waals surface area contributed by atoms with Crippen LogP contribution in [-0.4, -0.2) is 23.0 Å². The molecule has 0 spiro atoms. The van der Waals surface area contributed by atoms with Crippen molar-refractivity contribution >= 4 is 11.8 Å². The molecular weight excluding hydrogens is 380 g/mol. The first-order valence-corrected chi connectivity index (χ1v) is 11.2. The number of allylic oxidation sites excluding steroid dienone is 3. The molecule has 3 saturated carbocycles. The zero-order chi connectivity index (χ0) is 21.3. The number of hydrogen-bond acceptors (Lipinski definition) is 5. The van der Waals surface area contributed by atoms with Gasteiger partial charge in [0.15, 0.2) is 5.78 Å². The molecule has 0 saturated heterocycles. The van der Waals surface area contributed by atoms with Crippen LogP contribution in [0.5, 0.6) is 0 Å². The average Bonchev–Trinajstić information content (AvgIpc) is 3.31. The minimum atomic E-state index is -0.511. The van der Waals surface area contributed by atoms with Gasteiger partial charge >= 0.3 is 5.97 Å². The van der Waals surface area contributed by atoms with Gasteiger partial charge in [-0.2, -0.15) is 0 Å². The second kappa shape index (κ2) is 6.60. The number of fused-ring (bicyclic) bond motifs is 5. The molecule has 0 bridgehead atoms. The molecule has 1 heterocycles. The van der Waals surface area contributed by atoms with E-state index in [0.29, 0.717) is 11.8 Å². The van der Waals surface area contributed by atoms with Gasteiger partial charge < -0.3 is 14.3 Å². The number of rotatable bonds is 2. The van der Waals surface area contributed by atoms with E-state index in [9.17, 15) is 14.7 Å². The van der Waals surface area contributed by atoms with Gasteiger partial charge in [-0.15, -0.1) is 0 Å². The molecule has 1 aromatic rings. The number of carbonyl (C=O) groups is 2. The van der Waals surface area contributed by atoms with E-state index in [-0.39, 0.29) is 46.6 Å². The summed E-state index contributed by atoms with van der Waals surface area (Å²) in [5, 5.41) is 9.96. The van der Waals surface area contributed by atoms with E-state index in [1.807, 2.05) is 6.08 Å². The fraction of sp³-hybridized carbons (Fsp3) is 0.600. The number of hydrogen-bond donors (Lipinski definition) is 1. The van der Waals surface area contributed by atoms with Crippen molar-refractivity contribution in [3.8, 4) is 0 Å². The zero-order valence-electron chi connectivity index (χ0n) is 17.9. The van der Waals surface area contributed by atoms with E-state index in [2.05, 4.69) is 20.8 Å². The fourth-order valence-corrected chi connectivity index (χ4v) is 7.43. The van der Waals surface area contributed by atoms with Crippen LogP contribution < -0.4 is 0 Å². The van der Waals surface area contributed by atoms with Crippen molar-refractivity contribution in [3.05, 3.63) is 47.6 Å². The fourth-order valence-electron chi connectivity index (χ4n) is 7.43. The van der Waals surface area contributed by atoms with Crippen molar-refractivity contribution in [2.75, 3.05) is 0 Å². The number of aliphatic hydroxyl groups is 1. The van der Waals surface area contributed by atoms with Crippen molar-refractivity contribution in [2.45, 2.75) is 59.0 Å². The van der Waals surface area contributed by atoms with Gasteiger partial charge in [-0.25, -0.2) is 4.79 Å². The Labute approximate surface area is 177 Å². The third-order valence-corrected chi connectivity index (χ3v) is 8.89. The van der Waals surface area contributed by atoms with Crippen molar-refractivity contribution in [2.24, 2.45) is 34.5 Å². The normalized spacial score (nSPS) is 42.5. The van der Waals surface area contributed by atoms with Crippen LogP contribution in [-0.2, 0) is 9.53 Å². The molecule has 1 aromatic heterocycles. The molecule has 5 unspecified atom stereocenters. The molecule has 0 amide bonds. The number of esters is 1. The Morgan fingerprint density at radius 1 is 1.23 bits per heavy atom. The average molecular weight is 411 g/mol. The highest BCUT2D eigenvalue weighted by Gasteiger charge is 2.63. The lowest BCUT2D eigenvalue weighted by Gasteiger charge is -2.56. The van der Waals surface area contributed by atoms with E-state index in [0.717, 1.165) is 37.7 Å². The third-order valence-electron chi connectivity index (χ3n) is 8.89. The van der Waals surface area contributed by atoms with Crippen LogP contribution in [0.1, 0.15) is 63.4 Å². The van der Waals surface area contributed by atoms with Crippen molar-refractivity contribution in [1.82, 2.24) is 0 Å². The van der Waals surface area contributed by atoms with E-state index < -0.39 is 5.41 Å². The second-order valence-electron chi connectivity index (χ2n) is 10.3. The Hall–Kier alpha value is -2.30. The standard InChI is InChI=1S/C25H30O5/c1-14-11-19-17-7-6-15-12-16(26)13-21(27)25(15,3)18(17)8-9-24(19,2)22(14)30-23(28)20-5-4-10-29-20/h4-5,10,12-14,17-19,22,26H,6-9,11H2,1-3H3/t14?,17?,18?,19?,22?,24-,25-/m0/s1. The summed E-state index contributed by atoms with van der Waals surface area (Å²) in [5.74, 6) is 1.40. The number of ketones is 1. The van der Waals surface area contributed by atoms with Crippen LogP contribution >= 0.6 is 0 Å². The minimum Gasteiger partial charge on any atom is -0.508 e. The Balaban J connectivity index is 1.43. The first-order valence-electron chi connectivity index (χ1n) is 11.2. The summed E-state index contributed by atoms with van der Waals surface area (Å²) < 4.78 is 11.3. The Morgan fingerprint density at radius 3 is 2.77 bits per heavy atom. The Kier molecular flexibility index (Phi) is 4.32. The topological polar surface area (TPSA) is 76.7 Å². The summed E-state index contributed by atoms with van der Waals surface area (Å²) >= 11 is 0. The number of carbonyl (C=O) groups excluding carboxylic acids is 2. The monoisotopic (exact) mass is 410 g/mol. The molecule has 5 heteroatoms. The maximum atomic E-state index is 13.0. The molecule has 160 valence electrons. The number of furan rings is 1. The Bertz CT molecular complexity index is 941. The van der Waals surface area contributed by atoms with Gasteiger partial charge in [0, 0.05) is 11.5 Å². The van der Waals surface area contributed by atoms with Gasteiger partial charge in [0.25, 0.3) is 0 Å². The summed E-state index contributed by atoms with van der Waals surface area (Å²) in [4.78, 5) is 25.7. The van der Waals surface area contributed by atoms with Crippen LogP contribution in [0, 0.1) is 34.5 Å². The highest BCUT2D eigenvalue weighted by Crippen LogP contribution is 2.66. The van der Waals surface area contributed by atoms with E-state index in [4.69, 9.17) is 9.15 Å². The van der Waals surface area contributed by atoms with Gasteiger partial charge in [0.2, 0.25) is 5.76 Å². The lowest BCUT2D eigenvalue weighted by molar-refractivity contribution is -0.133. The smallest absolute Gasteiger partial charge is 0.374 e. The molecule has 0 aliphatic heterocycles. The second-order valence-corrected chi connectivity index (χ2v) is 10.3. The van der Waals surface area contributed by atoms with Crippen LogP contribution in [0.25, 0.3) is 0 Å².